The van der Waals surface area contributed by atoms with Crippen molar-refractivity contribution in [2.24, 2.45) is 5.73 Å². The van der Waals surface area contributed by atoms with E-state index in [2.05, 4.69) is 0 Å². The minimum absolute atomic E-state index is 0. The molecule has 15 heavy (non-hydrogen) atoms. The van der Waals surface area contributed by atoms with Crippen LogP contribution in [0.3, 0.4) is 0 Å². The van der Waals surface area contributed by atoms with E-state index in [1.165, 1.54) is 5.56 Å². The average molecular weight is 232 g/mol. The van der Waals surface area contributed by atoms with Gasteiger partial charge in [0.1, 0.15) is 5.75 Å². The van der Waals surface area contributed by atoms with Crippen molar-refractivity contribution >= 4 is 12.4 Å². The number of rotatable bonds is 5. The molecule has 1 unspecified atom stereocenters. The Morgan fingerprint density at radius 1 is 1.20 bits per heavy atom. The van der Waals surface area contributed by atoms with E-state index in [0.717, 1.165) is 12.2 Å². The van der Waals surface area contributed by atoms with Gasteiger partial charge in [-0.1, -0.05) is 12.1 Å². The van der Waals surface area contributed by atoms with Gasteiger partial charge in [0.25, 0.3) is 0 Å². The number of hydrogen-bond acceptors (Lipinski definition) is 3. The zero-order chi connectivity index (χ0) is 10.4. The Bertz CT molecular complexity index is 264. The van der Waals surface area contributed by atoms with E-state index < -0.39 is 0 Å². The minimum Gasteiger partial charge on any atom is -0.497 e. The number of ether oxygens (including phenoxy) is 2. The van der Waals surface area contributed by atoms with Gasteiger partial charge >= 0.3 is 0 Å². The highest BCUT2D eigenvalue weighted by atomic mass is 35.5. The van der Waals surface area contributed by atoms with Gasteiger partial charge in [-0.2, -0.15) is 0 Å². The molecule has 0 amide bonds. The topological polar surface area (TPSA) is 44.5 Å². The van der Waals surface area contributed by atoms with Gasteiger partial charge in [0, 0.05) is 13.2 Å². The zero-order valence-corrected chi connectivity index (χ0v) is 9.92. The van der Waals surface area contributed by atoms with Gasteiger partial charge in [-0.15, -0.1) is 12.4 Å². The first-order valence-electron chi connectivity index (χ1n) is 4.63. The lowest BCUT2D eigenvalue weighted by Gasteiger charge is -2.10. The highest BCUT2D eigenvalue weighted by Crippen LogP contribution is 2.12. The second-order valence-electron chi connectivity index (χ2n) is 3.27. The summed E-state index contributed by atoms with van der Waals surface area (Å²) in [5.74, 6) is 0.870. The van der Waals surface area contributed by atoms with Crippen LogP contribution in [-0.2, 0) is 11.2 Å². The molecule has 0 aromatic heterocycles. The lowest BCUT2D eigenvalue weighted by Crippen LogP contribution is -2.27. The first-order valence-corrected chi connectivity index (χ1v) is 4.63. The van der Waals surface area contributed by atoms with Gasteiger partial charge in [0.15, 0.2) is 0 Å². The molecule has 0 saturated heterocycles. The summed E-state index contributed by atoms with van der Waals surface area (Å²) in [6.07, 6.45) is 0.831. The van der Waals surface area contributed by atoms with Crippen LogP contribution in [0.5, 0.6) is 5.75 Å². The number of methoxy groups -OCH3 is 2. The molecule has 0 heterocycles. The summed E-state index contributed by atoms with van der Waals surface area (Å²) in [6, 6.07) is 7.99. The lowest BCUT2D eigenvalue weighted by molar-refractivity contribution is 0.180. The van der Waals surface area contributed by atoms with Gasteiger partial charge in [0.05, 0.1) is 13.7 Å². The molecule has 0 saturated carbocycles. The van der Waals surface area contributed by atoms with Crippen molar-refractivity contribution in [2.75, 3.05) is 20.8 Å². The molecule has 1 atom stereocenters. The van der Waals surface area contributed by atoms with Crippen molar-refractivity contribution in [2.45, 2.75) is 12.5 Å². The van der Waals surface area contributed by atoms with E-state index in [1.807, 2.05) is 24.3 Å². The van der Waals surface area contributed by atoms with Crippen LogP contribution < -0.4 is 10.5 Å². The third kappa shape index (κ3) is 5.02. The van der Waals surface area contributed by atoms with E-state index in [9.17, 15) is 0 Å². The summed E-state index contributed by atoms with van der Waals surface area (Å²) in [4.78, 5) is 0. The SMILES string of the molecule is COCC(N)Cc1ccc(OC)cc1.Cl. The number of benzene rings is 1. The highest BCUT2D eigenvalue weighted by molar-refractivity contribution is 5.85. The molecule has 0 aliphatic rings. The number of halogens is 1. The largest absolute Gasteiger partial charge is 0.497 e. The molecule has 0 aliphatic heterocycles. The Kier molecular flexibility index (Phi) is 7.13. The van der Waals surface area contributed by atoms with Gasteiger partial charge < -0.3 is 15.2 Å². The van der Waals surface area contributed by atoms with Crippen molar-refractivity contribution in [1.29, 1.82) is 0 Å². The maximum Gasteiger partial charge on any atom is 0.118 e. The molecular weight excluding hydrogens is 214 g/mol. The van der Waals surface area contributed by atoms with E-state index in [0.29, 0.717) is 6.61 Å². The van der Waals surface area contributed by atoms with Crippen molar-refractivity contribution in [3.05, 3.63) is 29.8 Å². The average Bonchev–Trinajstić information content (AvgIpc) is 2.19. The van der Waals surface area contributed by atoms with Crippen molar-refractivity contribution in [1.82, 2.24) is 0 Å². The third-order valence-corrected chi connectivity index (χ3v) is 2.04. The number of nitrogens with two attached hydrogens (primary N) is 1. The summed E-state index contributed by atoms with van der Waals surface area (Å²) < 4.78 is 10.0. The fourth-order valence-electron chi connectivity index (χ4n) is 1.34. The van der Waals surface area contributed by atoms with Gasteiger partial charge in [-0.05, 0) is 24.1 Å². The molecule has 3 nitrogen and oxygen atoms in total. The molecule has 0 spiro atoms. The Labute approximate surface area is 97.0 Å². The quantitative estimate of drug-likeness (QED) is 0.838. The molecule has 1 rings (SSSR count). The van der Waals surface area contributed by atoms with Crippen LogP contribution in [0.1, 0.15) is 5.56 Å². The fraction of sp³-hybridized carbons (Fsp3) is 0.455. The maximum absolute atomic E-state index is 5.83. The molecule has 2 N–H and O–H groups in total. The monoisotopic (exact) mass is 231 g/mol. The first-order chi connectivity index (χ1) is 6.76. The van der Waals surface area contributed by atoms with Crippen LogP contribution in [0, 0.1) is 0 Å². The van der Waals surface area contributed by atoms with Crippen LogP contribution in [0.25, 0.3) is 0 Å². The van der Waals surface area contributed by atoms with E-state index in [1.54, 1.807) is 14.2 Å². The summed E-state index contributed by atoms with van der Waals surface area (Å²) in [6.45, 7) is 0.589. The molecule has 1 aromatic rings. The summed E-state index contributed by atoms with van der Waals surface area (Å²) >= 11 is 0. The number of hydrogen-bond donors (Lipinski definition) is 1. The highest BCUT2D eigenvalue weighted by Gasteiger charge is 2.03. The van der Waals surface area contributed by atoms with E-state index >= 15 is 0 Å². The Hall–Kier alpha value is -0.770. The van der Waals surface area contributed by atoms with Gasteiger partial charge in [0.2, 0.25) is 0 Å². The summed E-state index contributed by atoms with van der Waals surface area (Å²) in [5, 5.41) is 0. The molecule has 0 aliphatic carbocycles. The van der Waals surface area contributed by atoms with Crippen molar-refractivity contribution in [3.63, 3.8) is 0 Å². The summed E-state index contributed by atoms with van der Waals surface area (Å²) in [5.41, 5.74) is 7.03. The maximum atomic E-state index is 5.83. The molecular formula is C11H18ClNO2. The van der Waals surface area contributed by atoms with E-state index in [-0.39, 0.29) is 18.4 Å². The van der Waals surface area contributed by atoms with Crippen molar-refractivity contribution < 1.29 is 9.47 Å². The second-order valence-corrected chi connectivity index (χ2v) is 3.27. The first kappa shape index (κ1) is 14.2. The predicted molar refractivity (Wildman–Crippen MR) is 63.8 cm³/mol. The van der Waals surface area contributed by atoms with Crippen LogP contribution in [0.2, 0.25) is 0 Å². The van der Waals surface area contributed by atoms with Gasteiger partial charge in [-0.3, -0.25) is 0 Å². The normalized spacial score (nSPS) is 11.7. The molecule has 4 heteroatoms. The molecule has 1 aromatic carbocycles. The van der Waals surface area contributed by atoms with Crippen LogP contribution in [-0.4, -0.2) is 26.9 Å². The van der Waals surface area contributed by atoms with Crippen LogP contribution in [0.15, 0.2) is 24.3 Å². The Balaban J connectivity index is 0.00000196. The van der Waals surface area contributed by atoms with Gasteiger partial charge in [-0.25, -0.2) is 0 Å². The Morgan fingerprint density at radius 3 is 2.27 bits per heavy atom. The third-order valence-electron chi connectivity index (χ3n) is 2.04. The zero-order valence-electron chi connectivity index (χ0n) is 9.10. The summed E-state index contributed by atoms with van der Waals surface area (Å²) in [7, 11) is 3.32. The fourth-order valence-corrected chi connectivity index (χ4v) is 1.34. The van der Waals surface area contributed by atoms with Crippen LogP contribution >= 0.6 is 12.4 Å². The van der Waals surface area contributed by atoms with Crippen molar-refractivity contribution in [3.8, 4) is 5.75 Å². The molecule has 0 radical (unpaired) electrons. The minimum atomic E-state index is 0. The second kappa shape index (κ2) is 7.51. The molecule has 0 fully saturated rings. The Morgan fingerprint density at radius 2 is 1.80 bits per heavy atom. The predicted octanol–water partition coefficient (Wildman–Crippen LogP) is 1.63. The molecule has 86 valence electrons. The molecule has 0 bridgehead atoms. The van der Waals surface area contributed by atoms with E-state index in [4.69, 9.17) is 15.2 Å². The standard InChI is InChI=1S/C11H17NO2.ClH/c1-13-8-10(12)7-9-3-5-11(14-2)6-4-9;/h3-6,10H,7-8,12H2,1-2H3;1H. The van der Waals surface area contributed by atoms with Crippen LogP contribution in [0.4, 0.5) is 0 Å². The smallest absolute Gasteiger partial charge is 0.118 e. The lowest BCUT2D eigenvalue weighted by atomic mass is 10.1.